The average Bonchev–Trinajstić information content (AvgIpc) is 2.52. The first kappa shape index (κ1) is 18.8. The van der Waals surface area contributed by atoms with E-state index in [1.165, 1.54) is 0 Å². The summed E-state index contributed by atoms with van der Waals surface area (Å²) in [5.74, 6) is 1.30. The number of ether oxygens (including phenoxy) is 2. The molecule has 0 aliphatic rings. The molecule has 6 nitrogen and oxygen atoms in total. The van der Waals surface area contributed by atoms with Crippen LogP contribution in [0.15, 0.2) is 29.3 Å². The quantitative estimate of drug-likeness (QED) is 0.436. The van der Waals surface area contributed by atoms with Crippen LogP contribution in [0, 0.1) is 0 Å². The van der Waals surface area contributed by atoms with Crippen molar-refractivity contribution >= 4 is 11.9 Å². The van der Waals surface area contributed by atoms with Crippen molar-refractivity contribution in [3.8, 4) is 5.75 Å². The minimum Gasteiger partial charge on any atom is -0.497 e. The fourth-order valence-electron chi connectivity index (χ4n) is 1.85. The molecule has 0 spiro atoms. The number of carbonyl (C=O) groups is 1. The fraction of sp³-hybridized carbons (Fsp3) is 0.529. The van der Waals surface area contributed by atoms with Crippen LogP contribution in [0.3, 0.4) is 0 Å². The molecule has 0 amide bonds. The zero-order valence-electron chi connectivity index (χ0n) is 14.4. The molecule has 0 aliphatic heterocycles. The van der Waals surface area contributed by atoms with Crippen LogP contribution >= 0.6 is 0 Å². The SMILES string of the molecule is CCNC(=NCc1ccc(OC)cc1)NCCC(=O)OC(C)C. The molecule has 0 bridgehead atoms. The van der Waals surface area contributed by atoms with Crippen molar-refractivity contribution in [2.45, 2.75) is 39.8 Å². The van der Waals surface area contributed by atoms with Crippen molar-refractivity contribution in [2.75, 3.05) is 20.2 Å². The number of esters is 1. The van der Waals surface area contributed by atoms with Gasteiger partial charge in [-0.2, -0.15) is 0 Å². The molecule has 6 heteroatoms. The minimum absolute atomic E-state index is 0.0838. The van der Waals surface area contributed by atoms with Gasteiger partial charge in [0.05, 0.1) is 26.2 Å². The molecule has 0 fully saturated rings. The van der Waals surface area contributed by atoms with E-state index in [4.69, 9.17) is 9.47 Å². The first-order chi connectivity index (χ1) is 11.0. The molecule has 0 heterocycles. The molecular formula is C17H27N3O3. The molecule has 0 radical (unpaired) electrons. The summed E-state index contributed by atoms with van der Waals surface area (Å²) in [4.78, 5) is 16.0. The highest BCUT2D eigenvalue weighted by atomic mass is 16.5. The van der Waals surface area contributed by atoms with Crippen LogP contribution in [0.5, 0.6) is 5.75 Å². The second-order valence-corrected chi connectivity index (χ2v) is 5.26. The molecule has 0 saturated heterocycles. The van der Waals surface area contributed by atoms with Gasteiger partial charge in [-0.05, 0) is 38.5 Å². The van der Waals surface area contributed by atoms with Crippen LogP contribution in [0.2, 0.25) is 0 Å². The zero-order valence-corrected chi connectivity index (χ0v) is 14.4. The van der Waals surface area contributed by atoms with Crippen molar-refractivity contribution in [3.63, 3.8) is 0 Å². The van der Waals surface area contributed by atoms with Crippen LogP contribution in [0.4, 0.5) is 0 Å². The summed E-state index contributed by atoms with van der Waals surface area (Å²) in [6.45, 7) is 7.47. The number of aliphatic imine (C=N–C) groups is 1. The van der Waals surface area contributed by atoms with E-state index in [-0.39, 0.29) is 12.1 Å². The summed E-state index contributed by atoms with van der Waals surface area (Å²) in [5.41, 5.74) is 1.09. The predicted octanol–water partition coefficient (Wildman–Crippen LogP) is 2.09. The first-order valence-corrected chi connectivity index (χ1v) is 7.89. The van der Waals surface area contributed by atoms with E-state index in [2.05, 4.69) is 15.6 Å². The normalized spacial score (nSPS) is 11.3. The van der Waals surface area contributed by atoms with Crippen LogP contribution in [0.1, 0.15) is 32.8 Å². The van der Waals surface area contributed by atoms with E-state index in [0.717, 1.165) is 17.9 Å². The van der Waals surface area contributed by atoms with E-state index >= 15 is 0 Å². The van der Waals surface area contributed by atoms with Gasteiger partial charge in [0, 0.05) is 13.1 Å². The monoisotopic (exact) mass is 321 g/mol. The summed E-state index contributed by atoms with van der Waals surface area (Å²) in [6.07, 6.45) is 0.227. The third-order valence-corrected chi connectivity index (χ3v) is 2.91. The molecule has 1 rings (SSSR count). The summed E-state index contributed by atoms with van der Waals surface area (Å²) in [7, 11) is 1.64. The van der Waals surface area contributed by atoms with Crippen LogP contribution in [-0.4, -0.2) is 38.2 Å². The highest BCUT2D eigenvalue weighted by Gasteiger charge is 2.05. The molecule has 0 unspecified atom stereocenters. The highest BCUT2D eigenvalue weighted by Crippen LogP contribution is 2.11. The Morgan fingerprint density at radius 1 is 1.22 bits per heavy atom. The van der Waals surface area contributed by atoms with Gasteiger partial charge in [0.1, 0.15) is 5.75 Å². The third kappa shape index (κ3) is 8.09. The van der Waals surface area contributed by atoms with Gasteiger partial charge in [0.15, 0.2) is 5.96 Å². The van der Waals surface area contributed by atoms with Gasteiger partial charge >= 0.3 is 5.97 Å². The Bertz CT molecular complexity index is 498. The van der Waals surface area contributed by atoms with E-state index < -0.39 is 0 Å². The predicted molar refractivity (Wildman–Crippen MR) is 91.7 cm³/mol. The zero-order chi connectivity index (χ0) is 17.1. The van der Waals surface area contributed by atoms with Gasteiger partial charge in [-0.1, -0.05) is 12.1 Å². The molecule has 1 aromatic carbocycles. The number of benzene rings is 1. The number of nitrogens with one attached hydrogen (secondary N) is 2. The molecule has 128 valence electrons. The Kier molecular flexibility index (Phi) is 8.57. The van der Waals surface area contributed by atoms with E-state index in [9.17, 15) is 4.79 Å². The Balaban J connectivity index is 2.47. The standard InChI is InChI=1S/C17H27N3O3/c1-5-18-17(19-11-10-16(21)23-13(2)3)20-12-14-6-8-15(22-4)9-7-14/h6-9,13H,5,10-12H2,1-4H3,(H2,18,19,20). The molecule has 1 aromatic rings. The highest BCUT2D eigenvalue weighted by molar-refractivity contribution is 5.80. The number of nitrogens with zero attached hydrogens (tertiary/aromatic N) is 1. The number of methoxy groups -OCH3 is 1. The van der Waals surface area contributed by atoms with Gasteiger partial charge in [-0.15, -0.1) is 0 Å². The molecule has 23 heavy (non-hydrogen) atoms. The lowest BCUT2D eigenvalue weighted by molar-refractivity contribution is -0.147. The molecule has 0 atom stereocenters. The van der Waals surface area contributed by atoms with Gasteiger partial charge < -0.3 is 20.1 Å². The fourth-order valence-corrected chi connectivity index (χ4v) is 1.85. The van der Waals surface area contributed by atoms with Crippen molar-refractivity contribution in [1.82, 2.24) is 10.6 Å². The van der Waals surface area contributed by atoms with Gasteiger partial charge in [0.2, 0.25) is 0 Å². The summed E-state index contributed by atoms with van der Waals surface area (Å²) < 4.78 is 10.2. The Hall–Kier alpha value is -2.24. The largest absolute Gasteiger partial charge is 0.497 e. The number of hydrogen-bond donors (Lipinski definition) is 2. The van der Waals surface area contributed by atoms with Crippen molar-refractivity contribution in [1.29, 1.82) is 0 Å². The number of carbonyl (C=O) groups excluding carboxylic acids is 1. The number of hydrogen-bond acceptors (Lipinski definition) is 4. The van der Waals surface area contributed by atoms with Crippen molar-refractivity contribution in [2.24, 2.45) is 4.99 Å². The maximum atomic E-state index is 11.5. The molecule has 0 aromatic heterocycles. The summed E-state index contributed by atoms with van der Waals surface area (Å²) in [6, 6.07) is 7.78. The lowest BCUT2D eigenvalue weighted by Crippen LogP contribution is -2.38. The molecule has 2 N–H and O–H groups in total. The van der Waals surface area contributed by atoms with Gasteiger partial charge in [-0.3, -0.25) is 4.79 Å². The first-order valence-electron chi connectivity index (χ1n) is 7.89. The second kappa shape index (κ2) is 10.5. The second-order valence-electron chi connectivity index (χ2n) is 5.26. The van der Waals surface area contributed by atoms with E-state index in [0.29, 0.717) is 25.5 Å². The Morgan fingerprint density at radius 2 is 1.91 bits per heavy atom. The van der Waals surface area contributed by atoms with Gasteiger partial charge in [-0.25, -0.2) is 4.99 Å². The number of guanidine groups is 1. The molecule has 0 aliphatic carbocycles. The van der Waals surface area contributed by atoms with Crippen LogP contribution in [-0.2, 0) is 16.1 Å². The maximum absolute atomic E-state index is 11.5. The van der Waals surface area contributed by atoms with Crippen molar-refractivity contribution in [3.05, 3.63) is 29.8 Å². The maximum Gasteiger partial charge on any atom is 0.307 e. The molecular weight excluding hydrogens is 294 g/mol. The molecule has 0 saturated carbocycles. The lowest BCUT2D eigenvalue weighted by atomic mass is 10.2. The minimum atomic E-state index is -0.210. The Morgan fingerprint density at radius 3 is 2.48 bits per heavy atom. The van der Waals surface area contributed by atoms with E-state index in [1.54, 1.807) is 7.11 Å². The van der Waals surface area contributed by atoms with Crippen molar-refractivity contribution < 1.29 is 14.3 Å². The van der Waals surface area contributed by atoms with Gasteiger partial charge in [0.25, 0.3) is 0 Å². The van der Waals surface area contributed by atoms with Crippen LogP contribution < -0.4 is 15.4 Å². The van der Waals surface area contributed by atoms with E-state index in [1.807, 2.05) is 45.0 Å². The average molecular weight is 321 g/mol. The Labute approximate surface area is 138 Å². The summed E-state index contributed by atoms with van der Waals surface area (Å²) >= 11 is 0. The third-order valence-electron chi connectivity index (χ3n) is 2.91. The summed E-state index contributed by atoms with van der Waals surface area (Å²) in [5, 5.41) is 6.28. The lowest BCUT2D eigenvalue weighted by Gasteiger charge is -2.12. The smallest absolute Gasteiger partial charge is 0.307 e. The van der Waals surface area contributed by atoms with Crippen LogP contribution in [0.25, 0.3) is 0 Å². The topological polar surface area (TPSA) is 72.0 Å². The number of rotatable bonds is 8.